The molecule has 4 nitrogen and oxygen atoms in total. The van der Waals surface area contributed by atoms with E-state index in [1.165, 1.54) is 0 Å². The van der Waals surface area contributed by atoms with Gasteiger partial charge in [0.15, 0.2) is 0 Å². The molecule has 0 bridgehead atoms. The first-order chi connectivity index (χ1) is 8.45. The molecule has 0 saturated heterocycles. The predicted octanol–water partition coefficient (Wildman–Crippen LogP) is 2.38. The van der Waals surface area contributed by atoms with Crippen molar-refractivity contribution in [3.63, 3.8) is 0 Å². The molecule has 0 aliphatic carbocycles. The van der Waals surface area contributed by atoms with Crippen molar-refractivity contribution < 1.29 is 13.6 Å². The van der Waals surface area contributed by atoms with Crippen LogP contribution in [-0.4, -0.2) is 39.2 Å². The molecule has 0 spiro atoms. The molecule has 0 saturated carbocycles. The fourth-order valence-electron chi connectivity index (χ4n) is 1.63. The fraction of sp³-hybridized carbons (Fsp3) is 0.917. The number of primary amides is 1. The first kappa shape index (κ1) is 18.0. The second kappa shape index (κ2) is 9.83. The van der Waals surface area contributed by atoms with Gasteiger partial charge < -0.3 is 14.6 Å². The predicted molar refractivity (Wildman–Crippen MR) is 80.0 cm³/mol. The fourth-order valence-corrected chi connectivity index (χ4v) is 5.34. The molecule has 108 valence electrons. The normalized spacial score (nSPS) is 13.6. The summed E-state index contributed by atoms with van der Waals surface area (Å²) in [5.74, 6) is 1.57. The number of amides is 1. The average Bonchev–Trinajstić information content (AvgIpc) is 2.28. The molecule has 0 aromatic heterocycles. The van der Waals surface area contributed by atoms with Crippen LogP contribution in [0.25, 0.3) is 0 Å². The minimum Gasteiger partial charge on any atom is -0.395 e. The van der Waals surface area contributed by atoms with Crippen LogP contribution < -0.4 is 5.73 Å². The highest BCUT2D eigenvalue weighted by molar-refractivity contribution is 7.99. The molecule has 6 heteroatoms. The molecule has 1 amide bonds. The number of hydrogen-bond donors (Lipinski definition) is 1. The molecule has 18 heavy (non-hydrogen) atoms. The summed E-state index contributed by atoms with van der Waals surface area (Å²) in [7, 11) is -1.95. The standard InChI is InChI=1S/C12H27NO3SSi/c1-5-15-18(4,16-6-2)9-7-8-17-10-11(3)12(13)14/h11H,5-10H2,1-4H3,(H2,13,14). The SMILES string of the molecule is CCO[Si](C)(CCCSCC(C)C(N)=O)OCC. The van der Waals surface area contributed by atoms with Crippen molar-refractivity contribution in [2.24, 2.45) is 11.7 Å². The lowest BCUT2D eigenvalue weighted by molar-refractivity contribution is -0.120. The van der Waals surface area contributed by atoms with Crippen LogP contribution in [0.2, 0.25) is 12.6 Å². The van der Waals surface area contributed by atoms with Crippen LogP contribution in [0.5, 0.6) is 0 Å². The zero-order valence-corrected chi connectivity index (χ0v) is 13.8. The summed E-state index contributed by atoms with van der Waals surface area (Å²) in [5, 5.41) is 0. The van der Waals surface area contributed by atoms with Crippen LogP contribution >= 0.6 is 11.8 Å². The Bertz CT molecular complexity index is 235. The molecule has 0 fully saturated rings. The second-order valence-corrected chi connectivity index (χ2v) is 8.98. The first-order valence-electron chi connectivity index (χ1n) is 6.60. The number of nitrogens with two attached hydrogens (primary N) is 1. The Morgan fingerprint density at radius 2 is 1.89 bits per heavy atom. The lowest BCUT2D eigenvalue weighted by atomic mass is 10.2. The summed E-state index contributed by atoms with van der Waals surface area (Å²) >= 11 is 1.78. The van der Waals surface area contributed by atoms with Gasteiger partial charge in [-0.25, -0.2) is 0 Å². The number of thioether (sulfide) groups is 1. The maximum Gasteiger partial charge on any atom is 0.334 e. The topological polar surface area (TPSA) is 61.5 Å². The van der Waals surface area contributed by atoms with Gasteiger partial charge in [0.25, 0.3) is 0 Å². The highest BCUT2D eigenvalue weighted by Gasteiger charge is 2.29. The van der Waals surface area contributed by atoms with Crippen LogP contribution in [0.4, 0.5) is 0 Å². The average molecular weight is 294 g/mol. The molecule has 0 aromatic carbocycles. The van der Waals surface area contributed by atoms with Crippen molar-refractivity contribution in [1.82, 2.24) is 0 Å². The van der Waals surface area contributed by atoms with Crippen LogP contribution in [-0.2, 0) is 13.6 Å². The van der Waals surface area contributed by atoms with E-state index in [4.69, 9.17) is 14.6 Å². The van der Waals surface area contributed by atoms with Gasteiger partial charge in [-0.05, 0) is 38.6 Å². The van der Waals surface area contributed by atoms with Crippen molar-refractivity contribution >= 4 is 26.2 Å². The number of carbonyl (C=O) groups is 1. The Morgan fingerprint density at radius 1 is 1.33 bits per heavy atom. The summed E-state index contributed by atoms with van der Waals surface area (Å²) in [5.41, 5.74) is 5.21. The maximum atomic E-state index is 10.9. The van der Waals surface area contributed by atoms with E-state index in [9.17, 15) is 4.79 Å². The Balaban J connectivity index is 3.76. The Hall–Kier alpha value is -0.0431. The Morgan fingerprint density at radius 3 is 2.33 bits per heavy atom. The van der Waals surface area contributed by atoms with Crippen LogP contribution in [0, 0.1) is 5.92 Å². The molecule has 0 radical (unpaired) electrons. The summed E-state index contributed by atoms with van der Waals surface area (Å²) in [6.07, 6.45) is 1.07. The summed E-state index contributed by atoms with van der Waals surface area (Å²) in [4.78, 5) is 10.9. The van der Waals surface area contributed by atoms with Crippen molar-refractivity contribution in [2.75, 3.05) is 24.7 Å². The number of rotatable bonds is 11. The van der Waals surface area contributed by atoms with Gasteiger partial charge >= 0.3 is 8.56 Å². The van der Waals surface area contributed by atoms with E-state index in [0.717, 1.165) is 24.0 Å². The molecule has 0 heterocycles. The molecule has 0 aliphatic heterocycles. The zero-order valence-electron chi connectivity index (χ0n) is 12.0. The van der Waals surface area contributed by atoms with Crippen molar-refractivity contribution in [2.45, 2.75) is 39.8 Å². The van der Waals surface area contributed by atoms with Crippen molar-refractivity contribution in [1.29, 1.82) is 0 Å². The van der Waals surface area contributed by atoms with E-state index < -0.39 is 8.56 Å². The molecule has 0 aliphatic rings. The summed E-state index contributed by atoms with van der Waals surface area (Å²) in [6.45, 7) is 9.44. The van der Waals surface area contributed by atoms with Gasteiger partial charge in [0.05, 0.1) is 0 Å². The van der Waals surface area contributed by atoms with Gasteiger partial charge in [-0.15, -0.1) is 0 Å². The minimum absolute atomic E-state index is 0.0441. The lowest BCUT2D eigenvalue weighted by Crippen LogP contribution is -2.38. The maximum absolute atomic E-state index is 10.9. The lowest BCUT2D eigenvalue weighted by Gasteiger charge is -2.25. The largest absolute Gasteiger partial charge is 0.395 e. The second-order valence-electron chi connectivity index (χ2n) is 4.48. The van der Waals surface area contributed by atoms with Crippen LogP contribution in [0.3, 0.4) is 0 Å². The van der Waals surface area contributed by atoms with E-state index in [-0.39, 0.29) is 11.8 Å². The van der Waals surface area contributed by atoms with Gasteiger partial charge in [0.2, 0.25) is 5.91 Å². The van der Waals surface area contributed by atoms with E-state index >= 15 is 0 Å². The van der Waals surface area contributed by atoms with Crippen LogP contribution in [0.1, 0.15) is 27.2 Å². The quantitative estimate of drug-likeness (QED) is 0.469. The molecule has 1 atom stereocenters. The highest BCUT2D eigenvalue weighted by atomic mass is 32.2. The molecule has 0 aromatic rings. The minimum atomic E-state index is -1.95. The monoisotopic (exact) mass is 293 g/mol. The molecule has 0 rings (SSSR count). The van der Waals surface area contributed by atoms with Crippen molar-refractivity contribution in [3.05, 3.63) is 0 Å². The van der Waals surface area contributed by atoms with Gasteiger partial charge in [0.1, 0.15) is 0 Å². The van der Waals surface area contributed by atoms with E-state index in [2.05, 4.69) is 6.55 Å². The molecular weight excluding hydrogens is 266 g/mol. The van der Waals surface area contributed by atoms with Gasteiger partial charge in [-0.3, -0.25) is 4.79 Å². The Labute approximate surface area is 116 Å². The van der Waals surface area contributed by atoms with Gasteiger partial charge in [-0.1, -0.05) is 6.92 Å². The summed E-state index contributed by atoms with van der Waals surface area (Å²) in [6, 6.07) is 1.01. The number of carbonyl (C=O) groups excluding carboxylic acids is 1. The smallest absolute Gasteiger partial charge is 0.334 e. The Kier molecular flexibility index (Phi) is 9.81. The van der Waals surface area contributed by atoms with E-state index in [1.54, 1.807) is 11.8 Å². The van der Waals surface area contributed by atoms with E-state index in [0.29, 0.717) is 13.2 Å². The van der Waals surface area contributed by atoms with Crippen LogP contribution in [0.15, 0.2) is 0 Å². The van der Waals surface area contributed by atoms with Gasteiger partial charge in [0, 0.05) is 24.9 Å². The highest BCUT2D eigenvalue weighted by Crippen LogP contribution is 2.19. The molecular formula is C12H27NO3SSi. The third-order valence-corrected chi connectivity index (χ3v) is 7.05. The first-order valence-corrected chi connectivity index (χ1v) is 10.3. The summed E-state index contributed by atoms with van der Waals surface area (Å²) < 4.78 is 11.5. The van der Waals surface area contributed by atoms with Crippen molar-refractivity contribution in [3.8, 4) is 0 Å². The third kappa shape index (κ3) is 8.13. The number of hydrogen-bond acceptors (Lipinski definition) is 4. The third-order valence-electron chi connectivity index (χ3n) is 2.67. The van der Waals surface area contributed by atoms with E-state index in [1.807, 2.05) is 20.8 Å². The zero-order chi connectivity index (χ0) is 14.0. The molecule has 2 N–H and O–H groups in total. The molecule has 1 unspecified atom stereocenters. The van der Waals surface area contributed by atoms with Gasteiger partial charge in [-0.2, -0.15) is 11.8 Å².